The molecule has 3 heterocycles. The summed E-state index contributed by atoms with van der Waals surface area (Å²) in [5.41, 5.74) is 0.752. The molecule has 2 aliphatic rings. The summed E-state index contributed by atoms with van der Waals surface area (Å²) in [5.74, 6) is -0.697. The van der Waals surface area contributed by atoms with E-state index in [2.05, 4.69) is 10.6 Å². The molecule has 12 nitrogen and oxygen atoms in total. The van der Waals surface area contributed by atoms with E-state index in [1.165, 1.54) is 4.90 Å². The SMILES string of the molecule is CCOC(=O)NC(=O)/C(C#N)=C(/Nc1ccc2oc(C)cc2c1)N[C@H]1CCCCN(CC(=O)N2CCCC2)C1=O. The average Bonchev–Trinajstić information content (AvgIpc) is 3.55. The first-order chi connectivity index (χ1) is 19.3. The summed E-state index contributed by atoms with van der Waals surface area (Å²) in [5, 5.41) is 18.9. The lowest BCUT2D eigenvalue weighted by Gasteiger charge is -2.28. The first kappa shape index (κ1) is 28.5. The van der Waals surface area contributed by atoms with Crippen LogP contribution < -0.4 is 16.0 Å². The Morgan fingerprint density at radius 1 is 1.12 bits per heavy atom. The summed E-state index contributed by atoms with van der Waals surface area (Å²) in [7, 11) is 0. The van der Waals surface area contributed by atoms with Crippen molar-refractivity contribution in [3.8, 4) is 6.07 Å². The number of hydrogen-bond acceptors (Lipinski definition) is 9. The molecule has 212 valence electrons. The number of aryl methyl sites for hydroxylation is 1. The number of nitrogens with zero attached hydrogens (tertiary/aromatic N) is 3. The molecule has 3 N–H and O–H groups in total. The summed E-state index contributed by atoms with van der Waals surface area (Å²) in [4.78, 5) is 54.5. The Balaban J connectivity index is 1.61. The number of carbonyl (C=O) groups is 4. The van der Waals surface area contributed by atoms with Gasteiger partial charge in [0.2, 0.25) is 11.8 Å². The zero-order chi connectivity index (χ0) is 28.6. The van der Waals surface area contributed by atoms with Crippen LogP contribution in [0.2, 0.25) is 0 Å². The van der Waals surface area contributed by atoms with Gasteiger partial charge in [-0.05, 0) is 70.2 Å². The number of imide groups is 1. The van der Waals surface area contributed by atoms with Gasteiger partial charge in [-0.1, -0.05) is 0 Å². The maximum atomic E-state index is 13.6. The van der Waals surface area contributed by atoms with Gasteiger partial charge < -0.3 is 29.6 Å². The van der Waals surface area contributed by atoms with E-state index in [1.54, 1.807) is 30.0 Å². The summed E-state index contributed by atoms with van der Waals surface area (Å²) in [6, 6.07) is 8.11. The van der Waals surface area contributed by atoms with E-state index in [0.29, 0.717) is 50.2 Å². The predicted octanol–water partition coefficient (Wildman–Crippen LogP) is 2.75. The molecule has 0 spiro atoms. The number of benzene rings is 1. The lowest BCUT2D eigenvalue weighted by Crippen LogP contribution is -2.49. The van der Waals surface area contributed by atoms with Crippen molar-refractivity contribution >= 4 is 40.5 Å². The third-order valence-corrected chi connectivity index (χ3v) is 6.87. The third-order valence-electron chi connectivity index (χ3n) is 6.87. The highest BCUT2D eigenvalue weighted by Gasteiger charge is 2.32. The van der Waals surface area contributed by atoms with Crippen LogP contribution >= 0.6 is 0 Å². The first-order valence-corrected chi connectivity index (χ1v) is 13.5. The van der Waals surface area contributed by atoms with Crippen LogP contribution in [0.5, 0.6) is 0 Å². The van der Waals surface area contributed by atoms with Crippen molar-refractivity contribution in [3.63, 3.8) is 0 Å². The number of alkyl carbamates (subject to hydrolysis) is 1. The lowest BCUT2D eigenvalue weighted by molar-refractivity contribution is -0.140. The van der Waals surface area contributed by atoms with Gasteiger partial charge in [0.1, 0.15) is 29.3 Å². The molecule has 2 aromatic rings. The van der Waals surface area contributed by atoms with Crippen molar-refractivity contribution in [2.45, 2.75) is 52.0 Å². The summed E-state index contributed by atoms with van der Waals surface area (Å²) >= 11 is 0. The Kier molecular flexibility index (Phi) is 9.27. The second-order valence-electron chi connectivity index (χ2n) is 9.81. The van der Waals surface area contributed by atoms with Gasteiger partial charge in [-0.2, -0.15) is 5.26 Å². The van der Waals surface area contributed by atoms with Gasteiger partial charge in [0.05, 0.1) is 13.2 Å². The van der Waals surface area contributed by atoms with Gasteiger partial charge in [-0.25, -0.2) is 4.79 Å². The van der Waals surface area contributed by atoms with Gasteiger partial charge >= 0.3 is 6.09 Å². The number of ether oxygens (including phenoxy) is 1. The van der Waals surface area contributed by atoms with E-state index in [0.717, 1.165) is 24.0 Å². The van der Waals surface area contributed by atoms with E-state index < -0.39 is 23.6 Å². The Bertz CT molecular complexity index is 1350. The minimum atomic E-state index is -0.993. The molecule has 2 saturated heterocycles. The maximum absolute atomic E-state index is 13.6. The lowest BCUT2D eigenvalue weighted by atomic mass is 10.1. The van der Waals surface area contributed by atoms with Crippen LogP contribution in [0.15, 0.2) is 40.1 Å². The number of anilines is 1. The number of nitriles is 1. The number of nitrogens with one attached hydrogen (secondary N) is 3. The summed E-state index contributed by atoms with van der Waals surface area (Å²) in [6.07, 6.45) is 2.76. The molecule has 0 aliphatic carbocycles. The van der Waals surface area contributed by atoms with Gasteiger partial charge in [0.15, 0.2) is 5.57 Å². The Labute approximate surface area is 232 Å². The number of rotatable bonds is 8. The average molecular weight is 551 g/mol. The molecule has 4 amide bonds. The molecule has 2 aliphatic heterocycles. The number of amides is 4. The zero-order valence-corrected chi connectivity index (χ0v) is 22.7. The van der Waals surface area contributed by atoms with Crippen molar-refractivity contribution < 1.29 is 28.3 Å². The molecule has 2 fully saturated rings. The molecule has 0 radical (unpaired) electrons. The first-order valence-electron chi connectivity index (χ1n) is 13.5. The molecule has 1 atom stereocenters. The van der Waals surface area contributed by atoms with Crippen LogP contribution in [0.3, 0.4) is 0 Å². The minimum absolute atomic E-state index is 0.0194. The third kappa shape index (κ3) is 6.91. The van der Waals surface area contributed by atoms with E-state index >= 15 is 0 Å². The highest BCUT2D eigenvalue weighted by atomic mass is 16.5. The molecule has 0 unspecified atom stereocenters. The minimum Gasteiger partial charge on any atom is -0.461 e. The monoisotopic (exact) mass is 550 g/mol. The Hall–Kier alpha value is -4.53. The van der Waals surface area contributed by atoms with Crippen molar-refractivity contribution in [1.82, 2.24) is 20.4 Å². The van der Waals surface area contributed by atoms with Gasteiger partial charge in [0.25, 0.3) is 5.91 Å². The molecule has 40 heavy (non-hydrogen) atoms. The van der Waals surface area contributed by atoms with E-state index in [1.807, 2.05) is 24.4 Å². The Morgan fingerprint density at radius 2 is 1.88 bits per heavy atom. The summed E-state index contributed by atoms with van der Waals surface area (Å²) in [6.45, 7) is 5.27. The smallest absolute Gasteiger partial charge is 0.414 e. The molecule has 12 heteroatoms. The number of likely N-dealkylation sites (tertiary alicyclic amines) is 2. The highest BCUT2D eigenvalue weighted by Crippen LogP contribution is 2.24. The van der Waals surface area contributed by atoms with E-state index in [-0.39, 0.29) is 30.8 Å². The molecule has 1 aromatic heterocycles. The van der Waals surface area contributed by atoms with Crippen LogP contribution in [0.1, 0.15) is 44.8 Å². The quantitative estimate of drug-likeness (QED) is 0.332. The Morgan fingerprint density at radius 3 is 2.60 bits per heavy atom. The topological polar surface area (TPSA) is 157 Å². The van der Waals surface area contributed by atoms with Gasteiger partial charge in [-0.3, -0.25) is 19.7 Å². The number of carbonyl (C=O) groups excluding carboxylic acids is 4. The fourth-order valence-corrected chi connectivity index (χ4v) is 4.91. The van der Waals surface area contributed by atoms with Crippen LogP contribution in [0.25, 0.3) is 11.0 Å². The fourth-order valence-electron chi connectivity index (χ4n) is 4.91. The van der Waals surface area contributed by atoms with Crippen molar-refractivity contribution in [2.24, 2.45) is 0 Å². The van der Waals surface area contributed by atoms with Crippen molar-refractivity contribution in [1.29, 1.82) is 5.26 Å². The molecule has 0 saturated carbocycles. The largest absolute Gasteiger partial charge is 0.461 e. The van der Waals surface area contributed by atoms with Crippen LogP contribution in [-0.4, -0.2) is 72.4 Å². The predicted molar refractivity (Wildman–Crippen MR) is 146 cm³/mol. The second kappa shape index (κ2) is 13.0. The van der Waals surface area contributed by atoms with Crippen LogP contribution in [0.4, 0.5) is 10.5 Å². The zero-order valence-electron chi connectivity index (χ0n) is 22.7. The van der Waals surface area contributed by atoms with E-state index in [4.69, 9.17) is 9.15 Å². The van der Waals surface area contributed by atoms with E-state index in [9.17, 15) is 24.4 Å². The standard InChI is InChI=1S/C28H34N6O6/c1-3-39-28(38)32-26(36)21(16-29)25(30-20-9-10-23-19(15-20)14-18(2)40-23)31-22-8-4-5-13-34(27(22)37)17-24(35)33-11-6-7-12-33/h9-10,14-15,22,30-31H,3-8,11-13,17H2,1-2H3,(H,32,36,38)/b25-21-/t22-/m0/s1. The highest BCUT2D eigenvalue weighted by molar-refractivity contribution is 6.06. The van der Waals surface area contributed by atoms with Crippen LogP contribution in [0, 0.1) is 18.3 Å². The fraction of sp³-hybridized carbons (Fsp3) is 0.464. The maximum Gasteiger partial charge on any atom is 0.414 e. The molecule has 4 rings (SSSR count). The molecular formula is C28H34N6O6. The van der Waals surface area contributed by atoms with Crippen molar-refractivity contribution in [3.05, 3.63) is 41.4 Å². The normalized spacial score (nSPS) is 18.0. The van der Waals surface area contributed by atoms with Crippen molar-refractivity contribution in [2.75, 3.05) is 38.1 Å². The van der Waals surface area contributed by atoms with Gasteiger partial charge in [0, 0.05) is 30.7 Å². The molecule has 1 aromatic carbocycles. The van der Waals surface area contributed by atoms with Crippen LogP contribution in [-0.2, 0) is 19.1 Å². The summed E-state index contributed by atoms with van der Waals surface area (Å²) < 4.78 is 10.4. The second-order valence-corrected chi connectivity index (χ2v) is 9.81. The number of hydrogen-bond donors (Lipinski definition) is 3. The number of fused-ring (bicyclic) bond motifs is 1. The van der Waals surface area contributed by atoms with Gasteiger partial charge in [-0.15, -0.1) is 0 Å². The number of furan rings is 1. The molecular weight excluding hydrogens is 516 g/mol. The molecule has 0 bridgehead atoms.